The van der Waals surface area contributed by atoms with Crippen molar-refractivity contribution in [3.05, 3.63) is 29.6 Å². The van der Waals surface area contributed by atoms with Gasteiger partial charge in [0.2, 0.25) is 5.91 Å². The summed E-state index contributed by atoms with van der Waals surface area (Å²) in [5.74, 6) is 1.25. The van der Waals surface area contributed by atoms with Crippen LogP contribution in [0.4, 0.5) is 5.69 Å². The third kappa shape index (κ3) is 2.50. The molecule has 5 heteroatoms. The monoisotopic (exact) mass is 257 g/mol. The summed E-state index contributed by atoms with van der Waals surface area (Å²) in [5, 5.41) is 6.73. The van der Waals surface area contributed by atoms with Crippen LogP contribution in [0.25, 0.3) is 11.5 Å². The number of anilines is 1. The van der Waals surface area contributed by atoms with E-state index in [1.165, 1.54) is 0 Å². The highest BCUT2D eigenvalue weighted by Crippen LogP contribution is 2.33. The number of amides is 1. The van der Waals surface area contributed by atoms with E-state index in [0.29, 0.717) is 11.7 Å². The van der Waals surface area contributed by atoms with Crippen LogP contribution in [0.3, 0.4) is 0 Å². The molecule has 1 amide bonds. The minimum Gasteiger partial charge on any atom is -0.334 e. The predicted octanol–water partition coefficient (Wildman–Crippen LogP) is 2.70. The number of rotatable bonds is 3. The number of aryl methyl sites for hydroxylation is 2. The summed E-state index contributed by atoms with van der Waals surface area (Å²) in [6.07, 6.45) is 1.96. The smallest absolute Gasteiger partial charge is 0.260 e. The molecule has 1 fully saturated rings. The van der Waals surface area contributed by atoms with Gasteiger partial charge < -0.3 is 9.84 Å². The van der Waals surface area contributed by atoms with Crippen molar-refractivity contribution in [1.82, 2.24) is 10.1 Å². The largest absolute Gasteiger partial charge is 0.334 e. The average molecular weight is 257 g/mol. The van der Waals surface area contributed by atoms with Gasteiger partial charge in [-0.05, 0) is 38.8 Å². The second-order valence-electron chi connectivity index (χ2n) is 4.96. The van der Waals surface area contributed by atoms with Gasteiger partial charge in [0, 0.05) is 5.92 Å². The number of aromatic nitrogens is 2. The summed E-state index contributed by atoms with van der Waals surface area (Å²) in [4.78, 5) is 16.1. The number of nitrogens with one attached hydrogen (secondary N) is 1. The molecular weight excluding hydrogens is 242 g/mol. The molecular formula is C14H15N3O2. The third-order valence-corrected chi connectivity index (χ3v) is 3.14. The molecule has 1 saturated carbocycles. The third-order valence-electron chi connectivity index (χ3n) is 3.14. The van der Waals surface area contributed by atoms with Crippen molar-refractivity contribution >= 4 is 11.6 Å². The molecule has 0 aliphatic heterocycles. The number of nitrogens with zero attached hydrogens (tertiary/aromatic N) is 2. The molecule has 1 aromatic heterocycles. The highest BCUT2D eigenvalue weighted by Gasteiger charge is 2.30. The van der Waals surface area contributed by atoms with E-state index in [1.807, 2.05) is 25.1 Å². The van der Waals surface area contributed by atoms with E-state index in [-0.39, 0.29) is 11.8 Å². The Bertz CT molecular complexity index is 629. The molecule has 1 aromatic carbocycles. The fourth-order valence-electron chi connectivity index (χ4n) is 1.93. The summed E-state index contributed by atoms with van der Waals surface area (Å²) in [5.41, 5.74) is 2.58. The van der Waals surface area contributed by atoms with Crippen molar-refractivity contribution in [2.75, 3.05) is 5.32 Å². The van der Waals surface area contributed by atoms with Gasteiger partial charge in [-0.25, -0.2) is 0 Å². The van der Waals surface area contributed by atoms with E-state index >= 15 is 0 Å². The van der Waals surface area contributed by atoms with Gasteiger partial charge in [-0.1, -0.05) is 16.8 Å². The molecule has 0 unspecified atom stereocenters. The first-order valence-corrected chi connectivity index (χ1v) is 6.35. The second-order valence-corrected chi connectivity index (χ2v) is 4.96. The lowest BCUT2D eigenvalue weighted by Gasteiger charge is -2.09. The molecule has 1 aliphatic carbocycles. The SMILES string of the molecule is Cc1ccc(NC(=O)C2CC2)c(-c2nc(C)no2)c1. The molecule has 3 rings (SSSR count). The highest BCUT2D eigenvalue weighted by molar-refractivity contribution is 5.97. The molecule has 0 atom stereocenters. The molecule has 0 radical (unpaired) electrons. The first-order valence-electron chi connectivity index (χ1n) is 6.35. The Morgan fingerprint density at radius 3 is 2.79 bits per heavy atom. The average Bonchev–Trinajstić information content (AvgIpc) is 3.14. The van der Waals surface area contributed by atoms with E-state index in [9.17, 15) is 4.79 Å². The molecule has 1 aliphatic rings. The number of hydrogen-bond donors (Lipinski definition) is 1. The summed E-state index contributed by atoms with van der Waals surface area (Å²) in [7, 11) is 0. The lowest BCUT2D eigenvalue weighted by atomic mass is 10.1. The minimum absolute atomic E-state index is 0.0707. The maximum Gasteiger partial charge on any atom is 0.260 e. The van der Waals surface area contributed by atoms with Gasteiger partial charge in [0.25, 0.3) is 5.89 Å². The van der Waals surface area contributed by atoms with Crippen LogP contribution in [0.1, 0.15) is 24.2 Å². The van der Waals surface area contributed by atoms with Crippen LogP contribution in [0.15, 0.2) is 22.7 Å². The van der Waals surface area contributed by atoms with Crippen LogP contribution in [0.5, 0.6) is 0 Å². The summed E-state index contributed by atoms with van der Waals surface area (Å²) < 4.78 is 5.19. The van der Waals surface area contributed by atoms with Crippen molar-refractivity contribution in [2.45, 2.75) is 26.7 Å². The van der Waals surface area contributed by atoms with Crippen LogP contribution in [-0.4, -0.2) is 16.0 Å². The number of carbonyl (C=O) groups is 1. The van der Waals surface area contributed by atoms with Crippen LogP contribution >= 0.6 is 0 Å². The lowest BCUT2D eigenvalue weighted by Crippen LogP contribution is -2.14. The van der Waals surface area contributed by atoms with Crippen LogP contribution in [0.2, 0.25) is 0 Å². The molecule has 0 saturated heterocycles. The zero-order valence-corrected chi connectivity index (χ0v) is 10.9. The Labute approximate surface area is 111 Å². The summed E-state index contributed by atoms with van der Waals surface area (Å²) in [6, 6.07) is 5.77. The normalized spacial score (nSPS) is 14.4. The summed E-state index contributed by atoms with van der Waals surface area (Å²) >= 11 is 0. The first kappa shape index (κ1) is 11.9. The van der Waals surface area contributed by atoms with Crippen molar-refractivity contribution in [3.8, 4) is 11.5 Å². The first-order chi connectivity index (χ1) is 9.13. The van der Waals surface area contributed by atoms with E-state index in [1.54, 1.807) is 6.92 Å². The zero-order valence-electron chi connectivity index (χ0n) is 10.9. The van der Waals surface area contributed by atoms with Gasteiger partial charge in [0.15, 0.2) is 5.82 Å². The van der Waals surface area contributed by atoms with E-state index in [0.717, 1.165) is 29.7 Å². The van der Waals surface area contributed by atoms with E-state index in [2.05, 4.69) is 15.5 Å². The fourth-order valence-corrected chi connectivity index (χ4v) is 1.93. The van der Waals surface area contributed by atoms with Crippen LogP contribution < -0.4 is 5.32 Å². The highest BCUT2D eigenvalue weighted by atomic mass is 16.5. The molecule has 0 spiro atoms. The van der Waals surface area contributed by atoms with E-state index < -0.39 is 0 Å². The Morgan fingerprint density at radius 1 is 1.37 bits per heavy atom. The summed E-state index contributed by atoms with van der Waals surface area (Å²) in [6.45, 7) is 3.75. The molecule has 0 bridgehead atoms. The number of benzene rings is 1. The Balaban J connectivity index is 1.96. The number of hydrogen-bond acceptors (Lipinski definition) is 4. The Hall–Kier alpha value is -2.17. The van der Waals surface area contributed by atoms with Crippen LogP contribution in [0, 0.1) is 19.8 Å². The minimum atomic E-state index is 0.0707. The van der Waals surface area contributed by atoms with Crippen molar-refractivity contribution in [2.24, 2.45) is 5.92 Å². The number of carbonyl (C=O) groups excluding carboxylic acids is 1. The quantitative estimate of drug-likeness (QED) is 0.917. The predicted molar refractivity (Wildman–Crippen MR) is 70.6 cm³/mol. The van der Waals surface area contributed by atoms with Gasteiger partial charge in [-0.2, -0.15) is 4.98 Å². The molecule has 1 heterocycles. The zero-order chi connectivity index (χ0) is 13.4. The Kier molecular flexibility index (Phi) is 2.81. The van der Waals surface area contributed by atoms with Crippen molar-refractivity contribution in [3.63, 3.8) is 0 Å². The lowest BCUT2D eigenvalue weighted by molar-refractivity contribution is -0.117. The van der Waals surface area contributed by atoms with E-state index in [4.69, 9.17) is 4.52 Å². The van der Waals surface area contributed by atoms with Gasteiger partial charge in [0.1, 0.15) is 0 Å². The van der Waals surface area contributed by atoms with Gasteiger partial charge in [-0.3, -0.25) is 4.79 Å². The Morgan fingerprint density at radius 2 is 2.16 bits per heavy atom. The maximum absolute atomic E-state index is 11.9. The van der Waals surface area contributed by atoms with Gasteiger partial charge in [-0.15, -0.1) is 0 Å². The maximum atomic E-state index is 11.9. The standard InChI is InChI=1S/C14H15N3O2/c1-8-3-6-12(16-13(18)10-4-5-10)11(7-8)14-15-9(2)17-19-14/h3,6-7,10H,4-5H2,1-2H3,(H,16,18). The van der Waals surface area contributed by atoms with Crippen LogP contribution in [-0.2, 0) is 4.79 Å². The molecule has 5 nitrogen and oxygen atoms in total. The molecule has 98 valence electrons. The van der Waals surface area contributed by atoms with Gasteiger partial charge in [0.05, 0.1) is 11.3 Å². The fraction of sp³-hybridized carbons (Fsp3) is 0.357. The molecule has 19 heavy (non-hydrogen) atoms. The van der Waals surface area contributed by atoms with Crippen molar-refractivity contribution in [1.29, 1.82) is 0 Å². The topological polar surface area (TPSA) is 68.0 Å². The second kappa shape index (κ2) is 4.50. The molecule has 1 N–H and O–H groups in total. The molecule has 2 aromatic rings. The van der Waals surface area contributed by atoms with Crippen molar-refractivity contribution < 1.29 is 9.32 Å². The van der Waals surface area contributed by atoms with Gasteiger partial charge >= 0.3 is 0 Å².